The summed E-state index contributed by atoms with van der Waals surface area (Å²) in [5.41, 5.74) is 0.780. The van der Waals surface area contributed by atoms with Crippen molar-refractivity contribution in [2.24, 2.45) is 0 Å². The van der Waals surface area contributed by atoms with E-state index in [0.29, 0.717) is 23.2 Å². The smallest absolute Gasteiger partial charge is 0.373 e. The number of nitriles is 1. The predicted octanol–water partition coefficient (Wildman–Crippen LogP) is 6.18. The first-order chi connectivity index (χ1) is 17.1. The quantitative estimate of drug-likeness (QED) is 0.128. The number of benzene rings is 3. The van der Waals surface area contributed by atoms with Crippen molar-refractivity contribution in [1.82, 2.24) is 9.97 Å². The lowest BCUT2D eigenvalue weighted by Crippen LogP contribution is -2.08. The van der Waals surface area contributed by atoms with Crippen LogP contribution in [0.2, 0.25) is 0 Å². The van der Waals surface area contributed by atoms with E-state index in [1.54, 1.807) is 24.5 Å². The fraction of sp³-hybridized carbons (Fsp3) is 0.0800. The Kier molecular flexibility index (Phi) is 7.40. The molecule has 0 radical (unpaired) electrons. The van der Waals surface area contributed by atoms with Crippen molar-refractivity contribution in [3.8, 4) is 29.2 Å². The minimum atomic E-state index is -0.595. The minimum absolute atomic E-state index is 0.0328. The van der Waals surface area contributed by atoms with Crippen LogP contribution in [-0.4, -0.2) is 21.1 Å². The number of nitrogens with one attached hydrogen (secondary N) is 1. The zero-order chi connectivity index (χ0) is 24.6. The number of anilines is 1. The lowest BCUT2D eigenvalue weighted by molar-refractivity contribution is -0.385. The summed E-state index contributed by atoms with van der Waals surface area (Å²) in [6.07, 6.45) is 1.76. The van der Waals surface area contributed by atoms with Gasteiger partial charge in [0.05, 0.1) is 16.6 Å². The largest absolute Gasteiger partial charge is 0.457 e. The van der Waals surface area contributed by atoms with Gasteiger partial charge in [0.25, 0.3) is 0 Å². The van der Waals surface area contributed by atoms with Crippen LogP contribution in [-0.2, 0) is 6.54 Å². The molecule has 0 aliphatic rings. The number of aromatic nitrogens is 2. The molecule has 9 nitrogen and oxygen atoms in total. The molecule has 0 atom stereocenters. The summed E-state index contributed by atoms with van der Waals surface area (Å²) in [5, 5.41) is 24.8. The second-order valence-corrected chi connectivity index (χ2v) is 7.90. The van der Waals surface area contributed by atoms with Gasteiger partial charge in [-0.25, -0.2) is 0 Å². The normalized spacial score (nSPS) is 10.3. The molecule has 0 saturated carbocycles. The standard InChI is InChI=1S/C25H19N5O4S/c1-35-25-28-23(27-16-17-8-4-2-5-9-17)22(30(31)32)24(29-25)34-21-13-18(15-26)12-20(14-21)33-19-10-6-3-7-11-19/h2-14H,16H2,1H3,(H,27,28,29). The van der Waals surface area contributed by atoms with Gasteiger partial charge in [-0.3, -0.25) is 10.1 Å². The van der Waals surface area contributed by atoms with Crippen LogP contribution in [0, 0.1) is 21.4 Å². The molecule has 4 rings (SSSR count). The van der Waals surface area contributed by atoms with E-state index < -0.39 is 10.6 Å². The van der Waals surface area contributed by atoms with E-state index in [1.165, 1.54) is 23.9 Å². The van der Waals surface area contributed by atoms with Crippen molar-refractivity contribution in [3.05, 3.63) is 100 Å². The molecule has 1 aromatic heterocycles. The van der Waals surface area contributed by atoms with Gasteiger partial charge in [0.2, 0.25) is 5.82 Å². The number of hydrogen-bond donors (Lipinski definition) is 1. The third-order valence-electron chi connectivity index (χ3n) is 4.70. The molecule has 1 N–H and O–H groups in total. The lowest BCUT2D eigenvalue weighted by atomic mass is 10.2. The Morgan fingerprint density at radius 3 is 2.26 bits per heavy atom. The molecule has 0 amide bonds. The minimum Gasteiger partial charge on any atom is -0.457 e. The van der Waals surface area contributed by atoms with E-state index >= 15 is 0 Å². The van der Waals surface area contributed by atoms with Crippen molar-refractivity contribution in [3.63, 3.8) is 0 Å². The van der Waals surface area contributed by atoms with Gasteiger partial charge in [-0.05, 0) is 36.1 Å². The maximum Gasteiger partial charge on any atom is 0.373 e. The molecule has 1 heterocycles. The number of nitrogens with zero attached hydrogens (tertiary/aromatic N) is 4. The van der Waals surface area contributed by atoms with Gasteiger partial charge in [-0.15, -0.1) is 0 Å². The number of thioether (sulfide) groups is 1. The van der Waals surface area contributed by atoms with Crippen molar-refractivity contribution in [2.45, 2.75) is 11.7 Å². The molecule has 0 spiro atoms. The van der Waals surface area contributed by atoms with Crippen molar-refractivity contribution >= 4 is 23.3 Å². The average Bonchev–Trinajstić information content (AvgIpc) is 2.88. The summed E-state index contributed by atoms with van der Waals surface area (Å²) in [4.78, 5) is 19.9. The number of hydrogen-bond acceptors (Lipinski definition) is 9. The Morgan fingerprint density at radius 2 is 1.63 bits per heavy atom. The lowest BCUT2D eigenvalue weighted by Gasteiger charge is -2.12. The summed E-state index contributed by atoms with van der Waals surface area (Å²) in [6, 6.07) is 25.1. The van der Waals surface area contributed by atoms with Crippen molar-refractivity contribution in [1.29, 1.82) is 5.26 Å². The van der Waals surface area contributed by atoms with Gasteiger partial charge < -0.3 is 14.8 Å². The highest BCUT2D eigenvalue weighted by atomic mass is 32.2. The highest BCUT2D eigenvalue weighted by Crippen LogP contribution is 2.38. The molecule has 3 aromatic carbocycles. The molecule has 4 aromatic rings. The third kappa shape index (κ3) is 6.04. The van der Waals surface area contributed by atoms with Crippen molar-refractivity contribution in [2.75, 3.05) is 11.6 Å². The zero-order valence-electron chi connectivity index (χ0n) is 18.5. The van der Waals surface area contributed by atoms with Crippen LogP contribution < -0.4 is 14.8 Å². The third-order valence-corrected chi connectivity index (χ3v) is 5.25. The SMILES string of the molecule is CSc1nc(NCc2ccccc2)c([N+](=O)[O-])c(Oc2cc(C#N)cc(Oc3ccccc3)c2)n1. The van der Waals surface area contributed by atoms with Gasteiger partial charge in [-0.1, -0.05) is 60.3 Å². The highest BCUT2D eigenvalue weighted by molar-refractivity contribution is 7.98. The molecule has 174 valence electrons. The molecule has 10 heteroatoms. The topological polar surface area (TPSA) is 123 Å². The first-order valence-electron chi connectivity index (χ1n) is 10.4. The molecule has 0 fully saturated rings. The Balaban J connectivity index is 1.69. The van der Waals surface area contributed by atoms with Crippen LogP contribution in [0.4, 0.5) is 11.5 Å². The van der Waals surface area contributed by atoms with Gasteiger partial charge in [-0.2, -0.15) is 15.2 Å². The van der Waals surface area contributed by atoms with Crippen LogP contribution in [0.15, 0.2) is 84.0 Å². The first kappa shape index (κ1) is 23.5. The summed E-state index contributed by atoms with van der Waals surface area (Å²) in [7, 11) is 0. The Labute approximate surface area is 205 Å². The van der Waals surface area contributed by atoms with E-state index in [9.17, 15) is 15.4 Å². The second kappa shape index (κ2) is 11.0. The molecular formula is C25H19N5O4S. The van der Waals surface area contributed by atoms with Gasteiger partial charge >= 0.3 is 11.6 Å². The first-order valence-corrected chi connectivity index (χ1v) is 11.6. The molecule has 0 saturated heterocycles. The molecule has 0 aliphatic carbocycles. The summed E-state index contributed by atoms with van der Waals surface area (Å²) in [6.45, 7) is 0.324. The maximum atomic E-state index is 12.0. The molecule has 35 heavy (non-hydrogen) atoms. The molecular weight excluding hydrogens is 466 g/mol. The van der Waals surface area contributed by atoms with E-state index in [2.05, 4.69) is 15.3 Å². The van der Waals surface area contributed by atoms with Crippen molar-refractivity contribution < 1.29 is 14.4 Å². The van der Waals surface area contributed by atoms with E-state index in [-0.39, 0.29) is 23.0 Å². The molecule has 0 aliphatic heterocycles. The zero-order valence-corrected chi connectivity index (χ0v) is 19.4. The van der Waals surface area contributed by atoms with Gasteiger partial charge in [0.1, 0.15) is 17.2 Å². The Morgan fingerprint density at radius 1 is 0.971 bits per heavy atom. The van der Waals surface area contributed by atoms with Gasteiger partial charge in [0, 0.05) is 12.6 Å². The summed E-state index contributed by atoms with van der Waals surface area (Å²) >= 11 is 1.22. The summed E-state index contributed by atoms with van der Waals surface area (Å²) < 4.78 is 11.7. The summed E-state index contributed by atoms with van der Waals surface area (Å²) in [5.74, 6) is 0.863. The van der Waals surface area contributed by atoms with E-state index in [1.807, 2.05) is 54.6 Å². The number of ether oxygens (including phenoxy) is 2. The molecule has 0 bridgehead atoms. The fourth-order valence-electron chi connectivity index (χ4n) is 3.14. The average molecular weight is 486 g/mol. The number of nitro groups is 1. The van der Waals surface area contributed by atoms with Gasteiger partial charge in [0.15, 0.2) is 5.16 Å². The number of para-hydroxylation sites is 1. The van der Waals surface area contributed by atoms with Crippen LogP contribution in [0.1, 0.15) is 11.1 Å². The van der Waals surface area contributed by atoms with E-state index in [0.717, 1.165) is 5.56 Å². The van der Waals surface area contributed by atoms with E-state index in [4.69, 9.17) is 9.47 Å². The second-order valence-electron chi connectivity index (χ2n) is 7.13. The fourth-order valence-corrected chi connectivity index (χ4v) is 3.49. The van der Waals surface area contributed by atoms with Crippen LogP contribution in [0.3, 0.4) is 0 Å². The number of rotatable bonds is 9. The highest BCUT2D eigenvalue weighted by Gasteiger charge is 2.27. The van der Waals surface area contributed by atoms with Crippen LogP contribution in [0.25, 0.3) is 0 Å². The maximum absolute atomic E-state index is 12.0. The van der Waals surface area contributed by atoms with Crippen LogP contribution >= 0.6 is 11.8 Å². The van der Waals surface area contributed by atoms with Crippen LogP contribution in [0.5, 0.6) is 23.1 Å². The molecule has 0 unspecified atom stereocenters. The Hall–Kier alpha value is -4.62. The monoisotopic (exact) mass is 485 g/mol. The predicted molar refractivity (Wildman–Crippen MR) is 132 cm³/mol. The Bertz CT molecular complexity index is 1380.